The maximum atomic E-state index is 12.0. The molecular formula is C15H25N3O2S. The van der Waals surface area contributed by atoms with Gasteiger partial charge in [-0.05, 0) is 44.1 Å². The molecule has 6 heteroatoms. The molecule has 0 amide bonds. The van der Waals surface area contributed by atoms with Gasteiger partial charge in [-0.1, -0.05) is 12.1 Å². The molecule has 1 aromatic carbocycles. The van der Waals surface area contributed by atoms with E-state index in [2.05, 4.69) is 10.2 Å². The second kappa shape index (κ2) is 6.87. The van der Waals surface area contributed by atoms with Crippen molar-refractivity contribution in [3.8, 4) is 0 Å². The molecule has 1 saturated heterocycles. The van der Waals surface area contributed by atoms with Crippen molar-refractivity contribution in [2.45, 2.75) is 30.3 Å². The van der Waals surface area contributed by atoms with E-state index in [-0.39, 0.29) is 0 Å². The van der Waals surface area contributed by atoms with Crippen LogP contribution in [-0.4, -0.2) is 57.9 Å². The molecule has 1 atom stereocenters. The van der Waals surface area contributed by atoms with Crippen molar-refractivity contribution >= 4 is 10.0 Å². The topological polar surface area (TPSA) is 52.7 Å². The van der Waals surface area contributed by atoms with Gasteiger partial charge in [0.15, 0.2) is 0 Å². The second-order valence-electron chi connectivity index (χ2n) is 5.76. The maximum Gasteiger partial charge on any atom is 0.242 e. The van der Waals surface area contributed by atoms with Crippen molar-refractivity contribution in [3.05, 3.63) is 29.8 Å². The molecule has 5 nitrogen and oxygen atoms in total. The second-order valence-corrected chi connectivity index (χ2v) is 7.91. The van der Waals surface area contributed by atoms with Gasteiger partial charge in [-0.2, -0.15) is 0 Å². The van der Waals surface area contributed by atoms with Gasteiger partial charge < -0.3 is 5.32 Å². The van der Waals surface area contributed by atoms with Gasteiger partial charge in [-0.25, -0.2) is 12.7 Å². The van der Waals surface area contributed by atoms with Gasteiger partial charge in [-0.15, -0.1) is 0 Å². The predicted molar refractivity (Wildman–Crippen MR) is 84.7 cm³/mol. The van der Waals surface area contributed by atoms with Gasteiger partial charge in [0, 0.05) is 33.2 Å². The maximum absolute atomic E-state index is 12.0. The van der Waals surface area contributed by atoms with Crippen molar-refractivity contribution in [1.29, 1.82) is 0 Å². The van der Waals surface area contributed by atoms with Crippen LogP contribution in [0.3, 0.4) is 0 Å². The van der Waals surface area contributed by atoms with E-state index in [1.807, 2.05) is 19.2 Å². The first-order chi connectivity index (χ1) is 9.95. The summed E-state index contributed by atoms with van der Waals surface area (Å²) in [5.41, 5.74) is 1.16. The Hall–Kier alpha value is -0.950. The van der Waals surface area contributed by atoms with Crippen LogP contribution in [0.4, 0.5) is 0 Å². The quantitative estimate of drug-likeness (QED) is 0.855. The minimum atomic E-state index is -3.33. The van der Waals surface area contributed by atoms with Gasteiger partial charge in [-0.3, -0.25) is 4.90 Å². The first-order valence-corrected chi connectivity index (χ1v) is 8.79. The van der Waals surface area contributed by atoms with E-state index in [1.54, 1.807) is 26.2 Å². The molecule has 2 rings (SSSR count). The predicted octanol–water partition coefficient (Wildman–Crippen LogP) is 1.12. The fraction of sp³-hybridized carbons (Fsp3) is 0.600. The number of likely N-dealkylation sites (tertiary alicyclic amines) is 1. The Labute approximate surface area is 128 Å². The van der Waals surface area contributed by atoms with Crippen LogP contribution in [-0.2, 0) is 16.6 Å². The van der Waals surface area contributed by atoms with Crippen molar-refractivity contribution in [2.75, 3.05) is 34.2 Å². The van der Waals surface area contributed by atoms with Crippen LogP contribution in [0.1, 0.15) is 18.4 Å². The molecule has 1 fully saturated rings. The van der Waals surface area contributed by atoms with E-state index < -0.39 is 10.0 Å². The monoisotopic (exact) mass is 311 g/mol. The summed E-state index contributed by atoms with van der Waals surface area (Å²) in [7, 11) is 1.76. The normalized spacial score (nSPS) is 20.3. The average molecular weight is 311 g/mol. The molecule has 118 valence electrons. The van der Waals surface area contributed by atoms with Crippen molar-refractivity contribution in [1.82, 2.24) is 14.5 Å². The van der Waals surface area contributed by atoms with E-state index in [1.165, 1.54) is 17.1 Å². The van der Waals surface area contributed by atoms with Gasteiger partial charge in [0.25, 0.3) is 0 Å². The SMILES string of the molecule is CNCC1CCCN1Cc1ccc(S(=O)(=O)N(C)C)cc1. The first-order valence-electron chi connectivity index (χ1n) is 7.35. The van der Waals surface area contributed by atoms with Crippen LogP contribution in [0.15, 0.2) is 29.2 Å². The Bertz CT molecular complexity index is 555. The Morgan fingerprint density at radius 3 is 2.52 bits per heavy atom. The largest absolute Gasteiger partial charge is 0.318 e. The van der Waals surface area contributed by atoms with Crippen molar-refractivity contribution < 1.29 is 8.42 Å². The lowest BCUT2D eigenvalue weighted by Gasteiger charge is -2.24. The highest BCUT2D eigenvalue weighted by atomic mass is 32.2. The molecule has 0 aromatic heterocycles. The minimum Gasteiger partial charge on any atom is -0.318 e. The third kappa shape index (κ3) is 3.83. The number of likely N-dealkylation sites (N-methyl/N-ethyl adjacent to an activating group) is 1. The fourth-order valence-corrected chi connectivity index (χ4v) is 3.68. The average Bonchev–Trinajstić information content (AvgIpc) is 2.87. The lowest BCUT2D eigenvalue weighted by atomic mass is 10.2. The Morgan fingerprint density at radius 2 is 1.95 bits per heavy atom. The molecule has 1 aliphatic heterocycles. The summed E-state index contributed by atoms with van der Waals surface area (Å²) < 4.78 is 25.3. The highest BCUT2D eigenvalue weighted by Gasteiger charge is 2.24. The summed E-state index contributed by atoms with van der Waals surface area (Å²) in [6.45, 7) is 3.01. The summed E-state index contributed by atoms with van der Waals surface area (Å²) in [6, 6.07) is 7.83. The van der Waals surface area contributed by atoms with Crippen LogP contribution < -0.4 is 5.32 Å². The Kier molecular flexibility index (Phi) is 5.37. The van der Waals surface area contributed by atoms with Crippen LogP contribution in [0, 0.1) is 0 Å². The molecule has 1 heterocycles. The first kappa shape index (κ1) is 16.4. The van der Waals surface area contributed by atoms with E-state index in [4.69, 9.17) is 0 Å². The number of sulfonamides is 1. The summed E-state index contributed by atoms with van der Waals surface area (Å²) >= 11 is 0. The van der Waals surface area contributed by atoms with E-state index in [9.17, 15) is 8.42 Å². The molecule has 1 aliphatic rings. The fourth-order valence-electron chi connectivity index (χ4n) is 2.78. The molecule has 1 unspecified atom stereocenters. The van der Waals surface area contributed by atoms with Crippen LogP contribution in [0.25, 0.3) is 0 Å². The van der Waals surface area contributed by atoms with Crippen LogP contribution in [0.2, 0.25) is 0 Å². The molecule has 0 spiro atoms. The number of nitrogens with one attached hydrogen (secondary N) is 1. The standard InChI is InChI=1S/C15H25N3O2S/c1-16-11-14-5-4-10-18(14)12-13-6-8-15(9-7-13)21(19,20)17(2)3/h6-9,14,16H,4-5,10-12H2,1-3H3. The molecule has 0 aliphatic carbocycles. The van der Waals surface area contributed by atoms with E-state index >= 15 is 0 Å². The van der Waals surface area contributed by atoms with Crippen molar-refractivity contribution in [2.24, 2.45) is 0 Å². The summed E-state index contributed by atoms with van der Waals surface area (Å²) in [5.74, 6) is 0. The summed E-state index contributed by atoms with van der Waals surface area (Å²) in [4.78, 5) is 2.82. The molecule has 0 radical (unpaired) electrons. The molecule has 21 heavy (non-hydrogen) atoms. The van der Waals surface area contributed by atoms with Gasteiger partial charge in [0.2, 0.25) is 10.0 Å². The third-order valence-corrected chi connectivity index (χ3v) is 5.86. The van der Waals surface area contributed by atoms with E-state index in [0.717, 1.165) is 25.2 Å². The number of nitrogens with zero attached hydrogens (tertiary/aromatic N) is 2. The lowest BCUT2D eigenvalue weighted by molar-refractivity contribution is 0.242. The lowest BCUT2D eigenvalue weighted by Crippen LogP contribution is -2.36. The zero-order valence-electron chi connectivity index (χ0n) is 13.0. The van der Waals surface area contributed by atoms with Gasteiger partial charge in [0.1, 0.15) is 0 Å². The van der Waals surface area contributed by atoms with Crippen molar-refractivity contribution in [3.63, 3.8) is 0 Å². The minimum absolute atomic E-state index is 0.351. The van der Waals surface area contributed by atoms with E-state index in [0.29, 0.717) is 10.9 Å². The zero-order valence-corrected chi connectivity index (χ0v) is 13.9. The number of hydrogen-bond acceptors (Lipinski definition) is 4. The number of rotatable bonds is 6. The summed E-state index contributed by atoms with van der Waals surface area (Å²) in [5, 5.41) is 3.24. The van der Waals surface area contributed by atoms with Crippen LogP contribution in [0.5, 0.6) is 0 Å². The highest BCUT2D eigenvalue weighted by molar-refractivity contribution is 7.89. The van der Waals surface area contributed by atoms with Crippen LogP contribution >= 0.6 is 0 Å². The molecule has 0 saturated carbocycles. The molecular weight excluding hydrogens is 286 g/mol. The number of benzene rings is 1. The molecule has 1 N–H and O–H groups in total. The Balaban J connectivity index is 2.06. The van der Waals surface area contributed by atoms with Gasteiger partial charge >= 0.3 is 0 Å². The van der Waals surface area contributed by atoms with Gasteiger partial charge in [0.05, 0.1) is 4.90 Å². The number of hydrogen-bond donors (Lipinski definition) is 1. The Morgan fingerprint density at radius 1 is 1.29 bits per heavy atom. The molecule has 0 bridgehead atoms. The smallest absolute Gasteiger partial charge is 0.242 e. The summed E-state index contributed by atoms with van der Waals surface area (Å²) in [6.07, 6.45) is 2.47. The zero-order chi connectivity index (χ0) is 15.5. The molecule has 1 aromatic rings. The highest BCUT2D eigenvalue weighted by Crippen LogP contribution is 2.21. The third-order valence-electron chi connectivity index (χ3n) is 4.03.